The summed E-state index contributed by atoms with van der Waals surface area (Å²) in [5, 5.41) is 11.6. The second kappa shape index (κ2) is 7.66. The van der Waals surface area contributed by atoms with Crippen molar-refractivity contribution in [1.82, 2.24) is 10.3 Å². The van der Waals surface area contributed by atoms with Gasteiger partial charge in [0.05, 0.1) is 0 Å². The van der Waals surface area contributed by atoms with Crippen LogP contribution in [0.5, 0.6) is 0 Å². The fourth-order valence-electron chi connectivity index (χ4n) is 1.72. The normalized spacial score (nSPS) is 10.2. The molecule has 0 aliphatic rings. The molecule has 100 valence electrons. The highest BCUT2D eigenvalue weighted by Gasteiger charge is 2.09. The SMILES string of the molecule is CCNC(=O)c1cc(N(CC)CCCO)ccn1. The number of aromatic nitrogens is 1. The Balaban J connectivity index is 2.82. The first-order chi connectivity index (χ1) is 8.72. The summed E-state index contributed by atoms with van der Waals surface area (Å²) in [6.45, 7) is 6.28. The number of anilines is 1. The third-order valence-electron chi connectivity index (χ3n) is 2.65. The van der Waals surface area contributed by atoms with Gasteiger partial charge in [-0.15, -0.1) is 0 Å². The van der Waals surface area contributed by atoms with Crippen molar-refractivity contribution >= 4 is 11.6 Å². The highest BCUT2D eigenvalue weighted by molar-refractivity contribution is 5.93. The van der Waals surface area contributed by atoms with Crippen LogP contribution >= 0.6 is 0 Å². The van der Waals surface area contributed by atoms with Gasteiger partial charge in [-0.05, 0) is 32.4 Å². The summed E-state index contributed by atoms with van der Waals surface area (Å²) in [7, 11) is 0. The summed E-state index contributed by atoms with van der Waals surface area (Å²) in [5.41, 5.74) is 1.39. The van der Waals surface area contributed by atoms with Gasteiger partial charge in [0.25, 0.3) is 5.91 Å². The fourth-order valence-corrected chi connectivity index (χ4v) is 1.72. The molecule has 18 heavy (non-hydrogen) atoms. The van der Waals surface area contributed by atoms with Crippen LogP contribution in [0.4, 0.5) is 5.69 Å². The van der Waals surface area contributed by atoms with E-state index in [4.69, 9.17) is 5.11 Å². The number of carbonyl (C=O) groups is 1. The molecule has 0 aliphatic heterocycles. The van der Waals surface area contributed by atoms with Gasteiger partial charge in [-0.3, -0.25) is 9.78 Å². The monoisotopic (exact) mass is 251 g/mol. The van der Waals surface area contributed by atoms with Crippen LogP contribution in [0.2, 0.25) is 0 Å². The quantitative estimate of drug-likeness (QED) is 0.760. The van der Waals surface area contributed by atoms with E-state index in [-0.39, 0.29) is 12.5 Å². The van der Waals surface area contributed by atoms with Crippen LogP contribution in [0.15, 0.2) is 18.3 Å². The van der Waals surface area contributed by atoms with E-state index in [2.05, 4.69) is 15.2 Å². The van der Waals surface area contributed by atoms with E-state index < -0.39 is 0 Å². The van der Waals surface area contributed by atoms with Crippen molar-refractivity contribution in [3.05, 3.63) is 24.0 Å². The average molecular weight is 251 g/mol. The minimum Gasteiger partial charge on any atom is -0.396 e. The fraction of sp³-hybridized carbons (Fsp3) is 0.538. The van der Waals surface area contributed by atoms with E-state index in [0.717, 1.165) is 18.8 Å². The minimum atomic E-state index is -0.155. The van der Waals surface area contributed by atoms with E-state index in [0.29, 0.717) is 18.7 Å². The molecule has 2 N–H and O–H groups in total. The zero-order valence-corrected chi connectivity index (χ0v) is 11.0. The van der Waals surface area contributed by atoms with Crippen LogP contribution in [-0.4, -0.2) is 42.2 Å². The molecule has 0 bridgehead atoms. The van der Waals surface area contributed by atoms with Crippen molar-refractivity contribution in [2.45, 2.75) is 20.3 Å². The molecule has 0 aromatic carbocycles. The summed E-state index contributed by atoms with van der Waals surface area (Å²) in [4.78, 5) is 17.9. The highest BCUT2D eigenvalue weighted by Crippen LogP contribution is 2.14. The molecule has 1 aromatic rings. The molecule has 5 heteroatoms. The summed E-state index contributed by atoms with van der Waals surface area (Å²) >= 11 is 0. The van der Waals surface area contributed by atoms with Gasteiger partial charge >= 0.3 is 0 Å². The molecule has 0 spiro atoms. The predicted molar refractivity (Wildman–Crippen MR) is 71.8 cm³/mol. The zero-order chi connectivity index (χ0) is 13.4. The Kier molecular flexibility index (Phi) is 6.14. The summed E-state index contributed by atoms with van der Waals surface area (Å²) in [5.74, 6) is -0.155. The number of nitrogens with one attached hydrogen (secondary N) is 1. The van der Waals surface area contributed by atoms with Gasteiger partial charge in [-0.2, -0.15) is 0 Å². The van der Waals surface area contributed by atoms with E-state index >= 15 is 0 Å². The lowest BCUT2D eigenvalue weighted by molar-refractivity contribution is 0.0951. The van der Waals surface area contributed by atoms with Crippen LogP contribution in [0.3, 0.4) is 0 Å². The topological polar surface area (TPSA) is 65.5 Å². The summed E-state index contributed by atoms with van der Waals surface area (Å²) < 4.78 is 0. The second-order valence-electron chi connectivity index (χ2n) is 3.92. The first-order valence-electron chi connectivity index (χ1n) is 6.33. The van der Waals surface area contributed by atoms with E-state index in [1.54, 1.807) is 12.3 Å². The highest BCUT2D eigenvalue weighted by atomic mass is 16.3. The van der Waals surface area contributed by atoms with Crippen molar-refractivity contribution in [2.75, 3.05) is 31.1 Å². The number of hydrogen-bond acceptors (Lipinski definition) is 4. The number of carbonyl (C=O) groups excluding carboxylic acids is 1. The van der Waals surface area contributed by atoms with E-state index in [9.17, 15) is 4.79 Å². The number of pyridine rings is 1. The molecule has 0 atom stereocenters. The number of aliphatic hydroxyl groups is 1. The molecule has 0 radical (unpaired) electrons. The zero-order valence-electron chi connectivity index (χ0n) is 11.0. The molecule has 1 rings (SSSR count). The number of aliphatic hydroxyl groups excluding tert-OH is 1. The van der Waals surface area contributed by atoms with Crippen LogP contribution in [0.1, 0.15) is 30.8 Å². The van der Waals surface area contributed by atoms with Gasteiger partial charge in [-0.1, -0.05) is 0 Å². The van der Waals surface area contributed by atoms with Crippen molar-refractivity contribution < 1.29 is 9.90 Å². The average Bonchev–Trinajstić information content (AvgIpc) is 2.40. The number of nitrogens with zero attached hydrogens (tertiary/aromatic N) is 2. The Bertz CT molecular complexity index is 382. The predicted octanol–water partition coefficient (Wildman–Crippen LogP) is 1.04. The van der Waals surface area contributed by atoms with Gasteiger partial charge in [0.15, 0.2) is 0 Å². The van der Waals surface area contributed by atoms with Crippen LogP contribution in [0, 0.1) is 0 Å². The first kappa shape index (κ1) is 14.4. The molecule has 1 heterocycles. The van der Waals surface area contributed by atoms with Crippen molar-refractivity contribution in [2.24, 2.45) is 0 Å². The maximum Gasteiger partial charge on any atom is 0.269 e. The van der Waals surface area contributed by atoms with Crippen LogP contribution in [-0.2, 0) is 0 Å². The molecule has 1 amide bonds. The molecule has 0 saturated carbocycles. The summed E-state index contributed by atoms with van der Waals surface area (Å²) in [6.07, 6.45) is 2.36. The van der Waals surface area contributed by atoms with Gasteiger partial charge in [0.2, 0.25) is 0 Å². The Labute approximate surface area is 108 Å². The smallest absolute Gasteiger partial charge is 0.269 e. The van der Waals surface area contributed by atoms with Crippen molar-refractivity contribution in [3.8, 4) is 0 Å². The van der Waals surface area contributed by atoms with Crippen LogP contribution < -0.4 is 10.2 Å². The molecule has 0 fully saturated rings. The standard InChI is InChI=1S/C13H21N3O2/c1-3-14-13(18)12-10-11(6-7-15-12)16(4-2)8-5-9-17/h6-7,10,17H,3-5,8-9H2,1-2H3,(H,14,18). The molecular formula is C13H21N3O2. The van der Waals surface area contributed by atoms with Gasteiger partial charge in [0, 0.05) is 38.1 Å². The van der Waals surface area contributed by atoms with Crippen LogP contribution in [0.25, 0.3) is 0 Å². The summed E-state index contributed by atoms with van der Waals surface area (Å²) in [6, 6.07) is 3.66. The Morgan fingerprint density at radius 1 is 1.50 bits per heavy atom. The lowest BCUT2D eigenvalue weighted by Gasteiger charge is -2.22. The molecule has 0 aliphatic carbocycles. The maximum atomic E-state index is 11.7. The number of hydrogen-bond donors (Lipinski definition) is 2. The van der Waals surface area contributed by atoms with E-state index in [1.807, 2.05) is 19.9 Å². The lowest BCUT2D eigenvalue weighted by Crippen LogP contribution is -2.27. The van der Waals surface area contributed by atoms with Gasteiger partial charge in [0.1, 0.15) is 5.69 Å². The molecule has 1 aromatic heterocycles. The maximum absolute atomic E-state index is 11.7. The van der Waals surface area contributed by atoms with E-state index in [1.165, 1.54) is 0 Å². The third-order valence-corrected chi connectivity index (χ3v) is 2.65. The Morgan fingerprint density at radius 3 is 2.89 bits per heavy atom. The first-order valence-corrected chi connectivity index (χ1v) is 6.33. The van der Waals surface area contributed by atoms with Crippen molar-refractivity contribution in [1.29, 1.82) is 0 Å². The van der Waals surface area contributed by atoms with Crippen molar-refractivity contribution in [3.63, 3.8) is 0 Å². The number of rotatable bonds is 7. The molecular weight excluding hydrogens is 230 g/mol. The third kappa shape index (κ3) is 4.00. The molecule has 0 saturated heterocycles. The number of amides is 1. The van der Waals surface area contributed by atoms with Gasteiger partial charge in [-0.25, -0.2) is 0 Å². The Hall–Kier alpha value is -1.62. The minimum absolute atomic E-state index is 0.155. The lowest BCUT2D eigenvalue weighted by atomic mass is 10.2. The van der Waals surface area contributed by atoms with Gasteiger partial charge < -0.3 is 15.3 Å². The Morgan fingerprint density at radius 2 is 2.28 bits per heavy atom. The molecule has 0 unspecified atom stereocenters. The largest absolute Gasteiger partial charge is 0.396 e. The molecule has 5 nitrogen and oxygen atoms in total. The second-order valence-corrected chi connectivity index (χ2v) is 3.92.